The predicted molar refractivity (Wildman–Crippen MR) is 131 cm³/mol. The normalized spacial score (nSPS) is 18.3. The zero-order valence-corrected chi connectivity index (χ0v) is 19.4. The van der Waals surface area contributed by atoms with Gasteiger partial charge in [-0.3, -0.25) is 14.4 Å². The van der Waals surface area contributed by atoms with Crippen LogP contribution in [0.1, 0.15) is 40.7 Å². The summed E-state index contributed by atoms with van der Waals surface area (Å²) in [5, 5.41) is 11.7. The summed E-state index contributed by atoms with van der Waals surface area (Å²) in [5.41, 5.74) is 5.85. The Hall–Kier alpha value is -3.52. The van der Waals surface area contributed by atoms with Gasteiger partial charge in [-0.25, -0.2) is 4.98 Å². The van der Waals surface area contributed by atoms with Crippen LogP contribution in [0.2, 0.25) is 0 Å². The third kappa shape index (κ3) is 4.33. The Bertz CT molecular complexity index is 1250. The Morgan fingerprint density at radius 3 is 2.74 bits per heavy atom. The molecule has 0 unspecified atom stereocenters. The standard InChI is InChI=1S/C26H29N7O/c1-31-17-24(29-30-31)18-2-3-20-16-28-22(13-21(20)12-18)15-25(34)19-6-7-27-26(14-19)33-10-8-32(9-11-33)23-4-5-23/h2-3,6-7,12-14,17,23,28H,4-5,8-11,15-16H2,1H3. The average molecular weight is 456 g/mol. The first-order chi connectivity index (χ1) is 16.6. The third-order valence-electron chi connectivity index (χ3n) is 7.00. The van der Waals surface area contributed by atoms with E-state index in [1.807, 2.05) is 25.4 Å². The van der Waals surface area contributed by atoms with E-state index < -0.39 is 0 Å². The van der Waals surface area contributed by atoms with Crippen LogP contribution in [0.4, 0.5) is 5.82 Å². The van der Waals surface area contributed by atoms with Crippen molar-refractivity contribution < 1.29 is 4.79 Å². The van der Waals surface area contributed by atoms with E-state index in [0.717, 1.165) is 66.1 Å². The second kappa shape index (κ2) is 8.68. The van der Waals surface area contributed by atoms with Crippen molar-refractivity contribution in [2.45, 2.75) is 31.8 Å². The number of hydrogen-bond acceptors (Lipinski definition) is 7. The SMILES string of the molecule is Cn1cc(-c2ccc3c(c2)C=C(CC(=O)c2ccnc(N4CCN(C5CC5)CC4)c2)NC3)nn1. The summed E-state index contributed by atoms with van der Waals surface area (Å²) in [6.07, 6.45) is 8.78. The first-order valence-corrected chi connectivity index (χ1v) is 12.0. The van der Waals surface area contributed by atoms with Gasteiger partial charge in [0, 0.05) is 68.8 Å². The van der Waals surface area contributed by atoms with Gasteiger partial charge in [0.2, 0.25) is 0 Å². The fourth-order valence-electron chi connectivity index (χ4n) is 4.89. The minimum atomic E-state index is 0.104. The number of pyridine rings is 1. The lowest BCUT2D eigenvalue weighted by Gasteiger charge is -2.35. The van der Waals surface area contributed by atoms with Gasteiger partial charge in [0.05, 0.1) is 12.6 Å². The van der Waals surface area contributed by atoms with Gasteiger partial charge < -0.3 is 10.2 Å². The van der Waals surface area contributed by atoms with Crippen molar-refractivity contribution in [3.63, 3.8) is 0 Å². The zero-order valence-electron chi connectivity index (χ0n) is 19.4. The number of ketones is 1. The molecule has 1 aromatic carbocycles. The fraction of sp³-hybridized carbons (Fsp3) is 0.385. The Balaban J connectivity index is 1.15. The molecular weight excluding hydrogens is 426 g/mol. The van der Waals surface area contributed by atoms with Crippen LogP contribution in [-0.4, -0.2) is 62.9 Å². The van der Waals surface area contributed by atoms with Crippen LogP contribution in [0.15, 0.2) is 48.4 Å². The number of allylic oxidation sites excluding steroid dienone is 1. The Labute approximate surface area is 199 Å². The van der Waals surface area contributed by atoms with E-state index in [2.05, 4.69) is 54.7 Å². The molecule has 0 amide bonds. The van der Waals surface area contributed by atoms with Crippen molar-refractivity contribution >= 4 is 17.7 Å². The number of nitrogens with one attached hydrogen (secondary N) is 1. The Kier molecular flexibility index (Phi) is 5.37. The first kappa shape index (κ1) is 21.0. The van der Waals surface area contributed by atoms with Gasteiger partial charge in [-0.15, -0.1) is 5.10 Å². The molecule has 3 aliphatic rings. The highest BCUT2D eigenvalue weighted by Gasteiger charge is 2.31. The molecule has 8 heteroatoms. The molecule has 0 bridgehead atoms. The molecule has 0 radical (unpaired) electrons. The van der Waals surface area contributed by atoms with E-state index in [-0.39, 0.29) is 5.78 Å². The van der Waals surface area contributed by atoms with Crippen LogP contribution < -0.4 is 10.2 Å². The number of benzene rings is 1. The predicted octanol–water partition coefficient (Wildman–Crippen LogP) is 2.88. The van der Waals surface area contributed by atoms with E-state index >= 15 is 0 Å². The number of piperazine rings is 1. The highest BCUT2D eigenvalue weighted by molar-refractivity contribution is 5.98. The molecule has 2 aromatic heterocycles. The summed E-state index contributed by atoms with van der Waals surface area (Å²) in [6, 6.07) is 10.9. The minimum Gasteiger partial charge on any atom is -0.384 e. The second-order valence-electron chi connectivity index (χ2n) is 9.47. The molecule has 174 valence electrons. The number of carbonyl (C=O) groups is 1. The van der Waals surface area contributed by atoms with E-state index in [1.54, 1.807) is 10.9 Å². The van der Waals surface area contributed by atoms with Crippen molar-refractivity contribution in [1.82, 2.24) is 30.2 Å². The van der Waals surface area contributed by atoms with Crippen LogP contribution in [0.3, 0.4) is 0 Å². The molecule has 1 N–H and O–H groups in total. The summed E-state index contributed by atoms with van der Waals surface area (Å²) >= 11 is 0. The maximum absolute atomic E-state index is 13.1. The van der Waals surface area contributed by atoms with Crippen LogP contribution in [0, 0.1) is 0 Å². The number of anilines is 1. The highest BCUT2D eigenvalue weighted by atomic mass is 16.1. The summed E-state index contributed by atoms with van der Waals surface area (Å²) in [5.74, 6) is 1.01. The number of fused-ring (bicyclic) bond motifs is 1. The van der Waals surface area contributed by atoms with Gasteiger partial charge in [0.15, 0.2) is 5.78 Å². The molecule has 0 spiro atoms. The van der Waals surface area contributed by atoms with Crippen LogP contribution in [0.5, 0.6) is 0 Å². The molecule has 8 nitrogen and oxygen atoms in total. The summed E-state index contributed by atoms with van der Waals surface area (Å²) in [4.78, 5) is 22.6. The molecule has 4 heterocycles. The maximum Gasteiger partial charge on any atom is 0.168 e. The smallest absolute Gasteiger partial charge is 0.168 e. The molecule has 3 aromatic rings. The summed E-state index contributed by atoms with van der Waals surface area (Å²) in [6.45, 7) is 4.81. The molecule has 1 saturated carbocycles. The summed E-state index contributed by atoms with van der Waals surface area (Å²) < 4.78 is 1.70. The second-order valence-corrected chi connectivity index (χ2v) is 9.47. The maximum atomic E-state index is 13.1. The summed E-state index contributed by atoms with van der Waals surface area (Å²) in [7, 11) is 1.86. The van der Waals surface area contributed by atoms with Crippen LogP contribution in [0.25, 0.3) is 17.3 Å². The largest absolute Gasteiger partial charge is 0.384 e. The molecular formula is C26H29N7O. The quantitative estimate of drug-likeness (QED) is 0.573. The monoisotopic (exact) mass is 455 g/mol. The number of rotatable bonds is 6. The van der Waals surface area contributed by atoms with Crippen LogP contribution >= 0.6 is 0 Å². The van der Waals surface area contributed by atoms with Gasteiger partial charge in [0.25, 0.3) is 0 Å². The number of hydrogen-bond donors (Lipinski definition) is 1. The third-order valence-corrected chi connectivity index (χ3v) is 7.00. The lowest BCUT2D eigenvalue weighted by molar-refractivity contribution is 0.0991. The van der Waals surface area contributed by atoms with E-state index in [4.69, 9.17) is 0 Å². The molecule has 2 fully saturated rings. The van der Waals surface area contributed by atoms with Gasteiger partial charge in [-0.05, 0) is 48.2 Å². The Morgan fingerprint density at radius 1 is 1.12 bits per heavy atom. The molecule has 1 aliphatic carbocycles. The zero-order chi connectivity index (χ0) is 23.1. The van der Waals surface area contributed by atoms with E-state index in [9.17, 15) is 4.79 Å². The Morgan fingerprint density at radius 2 is 1.97 bits per heavy atom. The van der Waals surface area contributed by atoms with Crippen molar-refractivity contribution in [2.24, 2.45) is 7.05 Å². The number of Topliss-reactive ketones (excluding diaryl/α,β-unsaturated/α-hetero) is 1. The van der Waals surface area contributed by atoms with Crippen molar-refractivity contribution in [3.8, 4) is 11.3 Å². The van der Waals surface area contributed by atoms with Gasteiger partial charge in [-0.1, -0.05) is 17.3 Å². The van der Waals surface area contributed by atoms with Crippen LogP contribution in [-0.2, 0) is 13.6 Å². The molecule has 6 rings (SSSR count). The number of aromatic nitrogens is 4. The van der Waals surface area contributed by atoms with Crippen molar-refractivity contribution in [1.29, 1.82) is 0 Å². The highest BCUT2D eigenvalue weighted by Crippen LogP contribution is 2.29. The van der Waals surface area contributed by atoms with E-state index in [1.165, 1.54) is 18.4 Å². The lowest BCUT2D eigenvalue weighted by atomic mass is 9.97. The van der Waals surface area contributed by atoms with Gasteiger partial charge in [-0.2, -0.15) is 0 Å². The minimum absolute atomic E-state index is 0.104. The molecule has 34 heavy (non-hydrogen) atoms. The van der Waals surface area contributed by atoms with Crippen molar-refractivity contribution in [3.05, 3.63) is 65.1 Å². The lowest BCUT2D eigenvalue weighted by Crippen LogP contribution is -2.47. The number of nitrogens with zero attached hydrogens (tertiary/aromatic N) is 6. The van der Waals surface area contributed by atoms with Gasteiger partial charge >= 0.3 is 0 Å². The van der Waals surface area contributed by atoms with Crippen molar-refractivity contribution in [2.75, 3.05) is 31.1 Å². The number of carbonyl (C=O) groups excluding carboxylic acids is 1. The molecule has 2 aliphatic heterocycles. The molecule has 1 saturated heterocycles. The first-order valence-electron chi connectivity index (χ1n) is 12.0. The average Bonchev–Trinajstić information content (AvgIpc) is 3.64. The fourth-order valence-corrected chi connectivity index (χ4v) is 4.89. The number of aryl methyl sites for hydroxylation is 1. The van der Waals surface area contributed by atoms with E-state index in [0.29, 0.717) is 13.0 Å². The molecule has 0 atom stereocenters. The van der Waals surface area contributed by atoms with Gasteiger partial charge in [0.1, 0.15) is 11.5 Å². The topological polar surface area (TPSA) is 79.2 Å².